The summed E-state index contributed by atoms with van der Waals surface area (Å²) >= 11 is 1.53. The maximum atomic E-state index is 12.5. The second kappa shape index (κ2) is 13.5. The Kier molecular flexibility index (Phi) is 11.4. The molecular weight excluding hydrogens is 428 g/mol. The average Bonchev–Trinajstić information content (AvgIpc) is 2.74. The predicted molar refractivity (Wildman–Crippen MR) is 114 cm³/mol. The zero-order chi connectivity index (χ0) is 23.4. The van der Waals surface area contributed by atoms with Crippen LogP contribution in [0.15, 0.2) is 24.3 Å². The maximum absolute atomic E-state index is 12.5. The minimum atomic E-state index is -1.54. The van der Waals surface area contributed by atoms with Gasteiger partial charge in [0.05, 0.1) is 19.2 Å². The quantitative estimate of drug-likeness (QED) is 0.179. The van der Waals surface area contributed by atoms with Crippen molar-refractivity contribution in [3.63, 3.8) is 0 Å². The van der Waals surface area contributed by atoms with E-state index in [4.69, 9.17) is 15.9 Å². The number of nitrogens with two attached hydrogens (primary N) is 1. The molecule has 12 heteroatoms. The second-order valence-corrected chi connectivity index (χ2v) is 7.66. The topological polar surface area (TPSA) is 191 Å². The Balaban J connectivity index is 2.79. The number of thioether (sulfide) groups is 1. The molecule has 3 amide bonds. The van der Waals surface area contributed by atoms with Crippen molar-refractivity contribution in [2.75, 3.05) is 25.2 Å². The van der Waals surface area contributed by atoms with E-state index in [0.717, 1.165) is 0 Å². The smallest absolute Gasteiger partial charge is 0.328 e. The molecule has 1 aromatic carbocycles. The first-order chi connectivity index (χ1) is 14.7. The standard InChI is InChI=1S/C19H28N4O7S/c1-31-7-6-13(20)17(27)21-9-16(26)22-14(8-11-2-4-12(25)5-3-11)18(28)23-15(10-24)19(29)30/h2-5,13-15,24-25H,6-10,20H2,1H3,(H,21,27)(H,22,26)(H,23,28)(H,29,30). The van der Waals surface area contributed by atoms with Crippen LogP contribution >= 0.6 is 11.8 Å². The normalized spacial score (nSPS) is 13.5. The van der Waals surface area contributed by atoms with Gasteiger partial charge in [0.25, 0.3) is 0 Å². The third-order valence-electron chi connectivity index (χ3n) is 4.22. The van der Waals surface area contributed by atoms with Crippen LogP contribution < -0.4 is 21.7 Å². The van der Waals surface area contributed by atoms with Gasteiger partial charge < -0.3 is 37.0 Å². The molecule has 8 N–H and O–H groups in total. The van der Waals surface area contributed by atoms with Crippen LogP contribution in [-0.2, 0) is 25.6 Å². The van der Waals surface area contributed by atoms with E-state index in [0.29, 0.717) is 17.7 Å². The Morgan fingerprint density at radius 2 is 1.71 bits per heavy atom. The number of amides is 3. The third kappa shape index (κ3) is 9.68. The minimum Gasteiger partial charge on any atom is -0.508 e. The van der Waals surface area contributed by atoms with E-state index in [1.165, 1.54) is 36.0 Å². The Labute approximate surface area is 183 Å². The van der Waals surface area contributed by atoms with E-state index in [-0.39, 0.29) is 12.2 Å². The van der Waals surface area contributed by atoms with Gasteiger partial charge in [-0.05, 0) is 36.1 Å². The predicted octanol–water partition coefficient (Wildman–Crippen LogP) is -1.82. The lowest BCUT2D eigenvalue weighted by molar-refractivity contribution is -0.143. The van der Waals surface area contributed by atoms with Crippen molar-refractivity contribution in [2.45, 2.75) is 31.0 Å². The third-order valence-corrected chi connectivity index (χ3v) is 4.86. The number of aromatic hydroxyl groups is 1. The van der Waals surface area contributed by atoms with Crippen LogP contribution in [0.25, 0.3) is 0 Å². The Hall–Kier alpha value is -2.83. The van der Waals surface area contributed by atoms with Gasteiger partial charge in [0.1, 0.15) is 17.8 Å². The molecule has 3 atom stereocenters. The number of hydrogen-bond donors (Lipinski definition) is 7. The van der Waals surface area contributed by atoms with Crippen LogP contribution in [0, 0.1) is 0 Å². The molecule has 11 nitrogen and oxygen atoms in total. The molecular formula is C19H28N4O7S. The number of aliphatic hydroxyl groups is 1. The highest BCUT2D eigenvalue weighted by molar-refractivity contribution is 7.98. The molecule has 31 heavy (non-hydrogen) atoms. The number of carboxylic acids is 1. The number of carbonyl (C=O) groups is 4. The number of aliphatic carboxylic acids is 1. The lowest BCUT2D eigenvalue weighted by atomic mass is 10.0. The van der Waals surface area contributed by atoms with Gasteiger partial charge >= 0.3 is 5.97 Å². The van der Waals surface area contributed by atoms with Crippen molar-refractivity contribution < 1.29 is 34.5 Å². The highest BCUT2D eigenvalue weighted by atomic mass is 32.2. The fourth-order valence-electron chi connectivity index (χ4n) is 2.45. The van der Waals surface area contributed by atoms with E-state index >= 15 is 0 Å². The van der Waals surface area contributed by atoms with Crippen molar-refractivity contribution in [2.24, 2.45) is 5.73 Å². The maximum Gasteiger partial charge on any atom is 0.328 e. The number of nitrogens with one attached hydrogen (secondary N) is 3. The number of rotatable bonds is 13. The summed E-state index contributed by atoms with van der Waals surface area (Å²) in [6.07, 6.45) is 2.30. The SMILES string of the molecule is CSCCC(N)C(=O)NCC(=O)NC(Cc1ccc(O)cc1)C(=O)NC(CO)C(=O)O. The number of benzene rings is 1. The zero-order valence-corrected chi connectivity index (χ0v) is 17.9. The van der Waals surface area contributed by atoms with Gasteiger partial charge in [-0.25, -0.2) is 4.79 Å². The molecule has 0 aliphatic heterocycles. The molecule has 0 radical (unpaired) electrons. The summed E-state index contributed by atoms with van der Waals surface area (Å²) in [7, 11) is 0. The summed E-state index contributed by atoms with van der Waals surface area (Å²) in [4.78, 5) is 47.8. The van der Waals surface area contributed by atoms with Gasteiger partial charge in [0.15, 0.2) is 0 Å². The Morgan fingerprint density at radius 3 is 2.26 bits per heavy atom. The second-order valence-electron chi connectivity index (χ2n) is 6.68. The zero-order valence-electron chi connectivity index (χ0n) is 17.0. The largest absolute Gasteiger partial charge is 0.508 e. The summed E-state index contributed by atoms with van der Waals surface area (Å²) in [5.41, 5.74) is 6.31. The van der Waals surface area contributed by atoms with Crippen molar-refractivity contribution >= 4 is 35.5 Å². The number of carboxylic acid groups (broad SMARTS) is 1. The summed E-state index contributed by atoms with van der Waals surface area (Å²) < 4.78 is 0. The number of carbonyl (C=O) groups excluding carboxylic acids is 3. The highest BCUT2D eigenvalue weighted by Gasteiger charge is 2.26. The Morgan fingerprint density at radius 1 is 1.06 bits per heavy atom. The molecule has 0 fully saturated rings. The van der Waals surface area contributed by atoms with Crippen LogP contribution in [-0.4, -0.2) is 82.3 Å². The van der Waals surface area contributed by atoms with Crippen LogP contribution in [0.4, 0.5) is 0 Å². The molecule has 1 aromatic rings. The minimum absolute atomic E-state index is 0.0144. The lowest BCUT2D eigenvalue weighted by Crippen LogP contribution is -2.55. The summed E-state index contributed by atoms with van der Waals surface area (Å²) in [5.74, 6) is -2.75. The first-order valence-corrected chi connectivity index (χ1v) is 10.8. The fraction of sp³-hybridized carbons (Fsp3) is 0.474. The number of phenols is 1. The van der Waals surface area contributed by atoms with Gasteiger partial charge in [0, 0.05) is 6.42 Å². The number of phenolic OH excluding ortho intramolecular Hbond substituents is 1. The van der Waals surface area contributed by atoms with E-state index in [2.05, 4.69) is 16.0 Å². The number of aliphatic hydroxyl groups excluding tert-OH is 1. The molecule has 0 bridgehead atoms. The molecule has 0 spiro atoms. The van der Waals surface area contributed by atoms with Gasteiger partial charge in [0.2, 0.25) is 17.7 Å². The first kappa shape index (κ1) is 26.2. The van der Waals surface area contributed by atoms with Crippen molar-refractivity contribution in [3.8, 4) is 5.75 Å². The van der Waals surface area contributed by atoms with E-state index < -0.39 is 55.0 Å². The Bertz CT molecular complexity index is 760. The van der Waals surface area contributed by atoms with Crippen molar-refractivity contribution in [1.82, 2.24) is 16.0 Å². The van der Waals surface area contributed by atoms with Crippen LogP contribution in [0.5, 0.6) is 5.75 Å². The monoisotopic (exact) mass is 456 g/mol. The molecule has 0 aliphatic rings. The highest BCUT2D eigenvalue weighted by Crippen LogP contribution is 2.11. The van der Waals surface area contributed by atoms with E-state index in [1.807, 2.05) is 6.26 Å². The first-order valence-electron chi connectivity index (χ1n) is 9.41. The fourth-order valence-corrected chi connectivity index (χ4v) is 2.94. The molecule has 0 saturated heterocycles. The molecule has 3 unspecified atom stereocenters. The van der Waals surface area contributed by atoms with Crippen molar-refractivity contribution in [3.05, 3.63) is 29.8 Å². The molecule has 1 rings (SSSR count). The van der Waals surface area contributed by atoms with E-state index in [1.54, 1.807) is 0 Å². The van der Waals surface area contributed by atoms with E-state index in [9.17, 15) is 24.3 Å². The average molecular weight is 457 g/mol. The van der Waals surface area contributed by atoms with Crippen LogP contribution in [0.3, 0.4) is 0 Å². The molecule has 172 valence electrons. The summed E-state index contributed by atoms with van der Waals surface area (Å²) in [6.45, 7) is -1.25. The van der Waals surface area contributed by atoms with Crippen LogP contribution in [0.2, 0.25) is 0 Å². The molecule has 0 heterocycles. The molecule has 0 aromatic heterocycles. The summed E-state index contributed by atoms with van der Waals surface area (Å²) in [6, 6.07) is 2.38. The molecule has 0 aliphatic carbocycles. The van der Waals surface area contributed by atoms with Crippen molar-refractivity contribution in [1.29, 1.82) is 0 Å². The van der Waals surface area contributed by atoms with Gasteiger partial charge in [-0.1, -0.05) is 12.1 Å². The lowest BCUT2D eigenvalue weighted by Gasteiger charge is -2.21. The van der Waals surface area contributed by atoms with Gasteiger partial charge in [-0.3, -0.25) is 14.4 Å². The van der Waals surface area contributed by atoms with Crippen LogP contribution in [0.1, 0.15) is 12.0 Å². The number of hydrogen-bond acceptors (Lipinski definition) is 8. The summed E-state index contributed by atoms with van der Waals surface area (Å²) in [5, 5.41) is 34.5. The van der Waals surface area contributed by atoms with Gasteiger partial charge in [-0.2, -0.15) is 11.8 Å². The van der Waals surface area contributed by atoms with Gasteiger partial charge in [-0.15, -0.1) is 0 Å². The molecule has 0 saturated carbocycles.